The third kappa shape index (κ3) is 5.21. The molecule has 0 bridgehead atoms. The molecule has 3 aromatic carbocycles. The Balaban J connectivity index is 1.56. The summed E-state index contributed by atoms with van der Waals surface area (Å²) < 4.78 is 0. The molecule has 33 heavy (non-hydrogen) atoms. The van der Waals surface area contributed by atoms with Crippen LogP contribution in [0.5, 0.6) is 0 Å². The summed E-state index contributed by atoms with van der Waals surface area (Å²) in [6.45, 7) is 2.11. The molecule has 0 radical (unpaired) electrons. The molecule has 0 saturated carbocycles. The number of nitro groups is 1. The summed E-state index contributed by atoms with van der Waals surface area (Å²) >= 11 is 0. The minimum Gasteiger partial charge on any atom is -0.378 e. The number of nitrogens with one attached hydrogen (secondary N) is 1. The Kier molecular flexibility index (Phi) is 6.70. The van der Waals surface area contributed by atoms with E-state index in [1.807, 2.05) is 14.1 Å². The molecule has 0 aliphatic carbocycles. The monoisotopic (exact) mass is 444 g/mol. The van der Waals surface area contributed by atoms with Gasteiger partial charge in [-0.05, 0) is 41.3 Å². The average molecular weight is 445 g/mol. The number of non-ortho nitro benzene ring substituents is 1. The maximum absolute atomic E-state index is 12.8. The zero-order valence-electron chi connectivity index (χ0n) is 18.9. The summed E-state index contributed by atoms with van der Waals surface area (Å²) in [6, 6.07) is 22.7. The lowest BCUT2D eigenvalue weighted by Crippen LogP contribution is -2.40. The van der Waals surface area contributed by atoms with Crippen LogP contribution in [0.15, 0.2) is 72.8 Å². The van der Waals surface area contributed by atoms with Crippen molar-refractivity contribution in [1.82, 2.24) is 10.2 Å². The largest absolute Gasteiger partial charge is 0.378 e. The molecule has 7 nitrogen and oxygen atoms in total. The second-order valence-corrected chi connectivity index (χ2v) is 8.51. The molecule has 0 saturated heterocycles. The highest BCUT2D eigenvalue weighted by Crippen LogP contribution is 2.29. The standard InChI is InChI=1S/C26H28N4O3/c1-28(2)23-12-10-20(11-13-23)25(29-15-14-19-6-3-4-7-22(19)18-29)17-27-26(31)21-8-5-9-24(16-21)30(32)33/h3-13,16,25H,14-15,17-18H2,1-2H3,(H,27,31). The van der Waals surface area contributed by atoms with Gasteiger partial charge in [-0.2, -0.15) is 0 Å². The zero-order valence-corrected chi connectivity index (χ0v) is 18.9. The first-order valence-corrected chi connectivity index (χ1v) is 11.0. The first-order valence-electron chi connectivity index (χ1n) is 11.0. The fourth-order valence-electron chi connectivity index (χ4n) is 4.29. The van der Waals surface area contributed by atoms with Gasteiger partial charge in [0.05, 0.1) is 11.0 Å². The first kappa shape index (κ1) is 22.5. The quantitative estimate of drug-likeness (QED) is 0.437. The molecule has 0 fully saturated rings. The van der Waals surface area contributed by atoms with Crippen molar-refractivity contribution in [2.75, 3.05) is 32.1 Å². The van der Waals surface area contributed by atoms with Crippen LogP contribution in [0.3, 0.4) is 0 Å². The molecule has 1 unspecified atom stereocenters. The van der Waals surface area contributed by atoms with Crippen LogP contribution in [0.1, 0.15) is 33.1 Å². The van der Waals surface area contributed by atoms with Crippen LogP contribution in [0, 0.1) is 10.1 Å². The number of hydrogen-bond donors (Lipinski definition) is 1. The van der Waals surface area contributed by atoms with Crippen LogP contribution in [0.25, 0.3) is 0 Å². The SMILES string of the molecule is CN(C)c1ccc(C(CNC(=O)c2cccc([N+](=O)[O-])c2)N2CCc3ccccc3C2)cc1. The zero-order chi connectivity index (χ0) is 23.4. The second-order valence-electron chi connectivity index (χ2n) is 8.51. The van der Waals surface area contributed by atoms with Gasteiger partial charge in [-0.3, -0.25) is 19.8 Å². The van der Waals surface area contributed by atoms with E-state index in [-0.39, 0.29) is 23.2 Å². The van der Waals surface area contributed by atoms with E-state index >= 15 is 0 Å². The lowest BCUT2D eigenvalue weighted by Gasteiger charge is -2.36. The van der Waals surface area contributed by atoms with Crippen molar-refractivity contribution in [3.8, 4) is 0 Å². The molecule has 1 N–H and O–H groups in total. The molecule has 4 rings (SSSR count). The summed E-state index contributed by atoms with van der Waals surface area (Å²) in [5.74, 6) is -0.314. The van der Waals surface area contributed by atoms with Crippen molar-refractivity contribution in [3.63, 3.8) is 0 Å². The highest BCUT2D eigenvalue weighted by atomic mass is 16.6. The molecule has 0 spiro atoms. The Hall–Kier alpha value is -3.71. The summed E-state index contributed by atoms with van der Waals surface area (Å²) in [7, 11) is 4.01. The maximum atomic E-state index is 12.8. The van der Waals surface area contributed by atoms with Crippen molar-refractivity contribution in [2.24, 2.45) is 0 Å². The van der Waals surface area contributed by atoms with Gasteiger partial charge in [0.2, 0.25) is 0 Å². The number of anilines is 1. The minimum atomic E-state index is -0.489. The Morgan fingerprint density at radius 2 is 1.79 bits per heavy atom. The van der Waals surface area contributed by atoms with Crippen molar-refractivity contribution >= 4 is 17.3 Å². The lowest BCUT2D eigenvalue weighted by molar-refractivity contribution is -0.384. The van der Waals surface area contributed by atoms with Crippen LogP contribution < -0.4 is 10.2 Å². The van der Waals surface area contributed by atoms with E-state index in [1.165, 1.54) is 29.3 Å². The summed E-state index contributed by atoms with van der Waals surface area (Å²) in [4.78, 5) is 27.9. The van der Waals surface area contributed by atoms with Crippen molar-refractivity contribution < 1.29 is 9.72 Å². The molecular weight excluding hydrogens is 416 g/mol. The van der Waals surface area contributed by atoms with E-state index in [1.54, 1.807) is 6.07 Å². The van der Waals surface area contributed by atoms with E-state index in [4.69, 9.17) is 0 Å². The third-order valence-corrected chi connectivity index (χ3v) is 6.17. The number of hydrogen-bond acceptors (Lipinski definition) is 5. The molecule has 170 valence electrons. The van der Waals surface area contributed by atoms with Gasteiger partial charge in [-0.15, -0.1) is 0 Å². The minimum absolute atomic E-state index is 0.0165. The number of amides is 1. The van der Waals surface area contributed by atoms with Crippen molar-refractivity contribution in [1.29, 1.82) is 0 Å². The third-order valence-electron chi connectivity index (χ3n) is 6.17. The number of carbonyl (C=O) groups is 1. The van der Waals surface area contributed by atoms with Gasteiger partial charge < -0.3 is 10.2 Å². The molecule has 3 aromatic rings. The topological polar surface area (TPSA) is 78.7 Å². The lowest BCUT2D eigenvalue weighted by atomic mass is 9.96. The van der Waals surface area contributed by atoms with Gasteiger partial charge in [0, 0.05) is 57.1 Å². The average Bonchev–Trinajstić information content (AvgIpc) is 2.84. The smallest absolute Gasteiger partial charge is 0.270 e. The van der Waals surface area contributed by atoms with Crippen LogP contribution in [0.2, 0.25) is 0 Å². The Morgan fingerprint density at radius 3 is 2.48 bits per heavy atom. The van der Waals surface area contributed by atoms with Crippen LogP contribution in [-0.4, -0.2) is 42.9 Å². The number of rotatable bonds is 7. The van der Waals surface area contributed by atoms with Gasteiger partial charge in [0.1, 0.15) is 0 Å². The molecule has 0 aromatic heterocycles. The summed E-state index contributed by atoms with van der Waals surface area (Å²) in [5, 5.41) is 14.1. The Morgan fingerprint density at radius 1 is 1.06 bits per heavy atom. The summed E-state index contributed by atoms with van der Waals surface area (Å²) in [5.41, 5.74) is 5.11. The number of fused-ring (bicyclic) bond motifs is 1. The summed E-state index contributed by atoms with van der Waals surface area (Å²) in [6.07, 6.45) is 0.960. The Bertz CT molecular complexity index is 1140. The molecular formula is C26H28N4O3. The van der Waals surface area contributed by atoms with Crippen LogP contribution in [0.4, 0.5) is 11.4 Å². The highest BCUT2D eigenvalue weighted by molar-refractivity contribution is 5.94. The number of nitro benzene ring substituents is 1. The molecule has 1 aliphatic heterocycles. The Labute approximate surface area is 193 Å². The van der Waals surface area contributed by atoms with Crippen LogP contribution in [-0.2, 0) is 13.0 Å². The second kappa shape index (κ2) is 9.83. The fourth-order valence-corrected chi connectivity index (χ4v) is 4.29. The van der Waals surface area contributed by atoms with Crippen LogP contribution >= 0.6 is 0 Å². The van der Waals surface area contributed by atoms with Gasteiger partial charge in [0.25, 0.3) is 11.6 Å². The highest BCUT2D eigenvalue weighted by Gasteiger charge is 2.25. The van der Waals surface area contributed by atoms with E-state index in [9.17, 15) is 14.9 Å². The first-order chi connectivity index (χ1) is 15.9. The molecule has 7 heteroatoms. The molecule has 1 aliphatic rings. The maximum Gasteiger partial charge on any atom is 0.270 e. The normalized spacial score (nSPS) is 14.2. The van der Waals surface area contributed by atoms with E-state index < -0.39 is 4.92 Å². The van der Waals surface area contributed by atoms with E-state index in [0.717, 1.165) is 30.8 Å². The van der Waals surface area contributed by atoms with Crippen molar-refractivity contribution in [2.45, 2.75) is 19.0 Å². The predicted molar refractivity (Wildman–Crippen MR) is 129 cm³/mol. The van der Waals surface area contributed by atoms with Crippen molar-refractivity contribution in [3.05, 3.63) is 105 Å². The number of nitrogens with zero attached hydrogens (tertiary/aromatic N) is 3. The number of carbonyl (C=O) groups excluding carboxylic acids is 1. The molecule has 1 atom stereocenters. The molecule has 1 heterocycles. The van der Waals surface area contributed by atoms with Gasteiger partial charge in [-0.25, -0.2) is 0 Å². The van der Waals surface area contributed by atoms with Gasteiger partial charge in [-0.1, -0.05) is 42.5 Å². The van der Waals surface area contributed by atoms with Gasteiger partial charge >= 0.3 is 0 Å². The van der Waals surface area contributed by atoms with Gasteiger partial charge in [0.15, 0.2) is 0 Å². The predicted octanol–water partition coefficient (Wildman–Crippen LogP) is 4.19. The fraction of sp³-hybridized carbons (Fsp3) is 0.269. The van der Waals surface area contributed by atoms with E-state index in [2.05, 4.69) is 63.6 Å². The molecule has 1 amide bonds. The number of benzene rings is 3. The van der Waals surface area contributed by atoms with E-state index in [0.29, 0.717) is 6.54 Å².